The van der Waals surface area contributed by atoms with Gasteiger partial charge in [-0.25, -0.2) is 19.4 Å². The first-order valence-corrected chi connectivity index (χ1v) is 10.9. The molecule has 1 aromatic carbocycles. The molecule has 2 aromatic heterocycles. The monoisotopic (exact) mass is 505 g/mol. The Hall–Kier alpha value is -3.86. The van der Waals surface area contributed by atoms with Crippen LogP contribution in [0.3, 0.4) is 0 Å². The van der Waals surface area contributed by atoms with E-state index in [1.54, 1.807) is 28.9 Å². The molecule has 0 saturated carbocycles. The molecule has 4 N–H and O–H groups in total. The highest BCUT2D eigenvalue weighted by Crippen LogP contribution is 2.32. The van der Waals surface area contributed by atoms with Gasteiger partial charge in [0.25, 0.3) is 0 Å². The fourth-order valence-corrected chi connectivity index (χ4v) is 3.22. The van der Waals surface area contributed by atoms with Crippen LogP contribution in [0.1, 0.15) is 19.9 Å². The lowest BCUT2D eigenvalue weighted by Gasteiger charge is -2.11. The fourth-order valence-electron chi connectivity index (χ4n) is 3.13. The van der Waals surface area contributed by atoms with Gasteiger partial charge in [0.05, 0.1) is 11.0 Å². The molecular formula is C23H23ClF3N7O. The Labute approximate surface area is 204 Å². The number of urea groups is 1. The topological polar surface area (TPSA) is 111 Å². The number of carbonyl (C=O) groups is 1. The molecule has 3 aromatic rings. The van der Waals surface area contributed by atoms with E-state index < -0.39 is 17.8 Å². The van der Waals surface area contributed by atoms with E-state index in [1.165, 1.54) is 18.5 Å². The van der Waals surface area contributed by atoms with Gasteiger partial charge in [-0.15, -0.1) is 11.6 Å². The van der Waals surface area contributed by atoms with Gasteiger partial charge in [0.2, 0.25) is 0 Å². The van der Waals surface area contributed by atoms with Crippen LogP contribution < -0.4 is 16.4 Å². The summed E-state index contributed by atoms with van der Waals surface area (Å²) in [4.78, 5) is 20.7. The van der Waals surface area contributed by atoms with E-state index in [0.29, 0.717) is 39.9 Å². The summed E-state index contributed by atoms with van der Waals surface area (Å²) in [5.74, 6) is 0.348. The lowest BCUT2D eigenvalue weighted by atomic mass is 10.1. The molecule has 0 spiro atoms. The number of nitrogens with one attached hydrogen (secondary N) is 2. The molecular weight excluding hydrogens is 483 g/mol. The van der Waals surface area contributed by atoms with Crippen LogP contribution in [0.25, 0.3) is 22.3 Å². The molecule has 2 heterocycles. The number of anilines is 2. The van der Waals surface area contributed by atoms with Crippen LogP contribution in [-0.4, -0.2) is 37.8 Å². The first-order chi connectivity index (χ1) is 16.5. The predicted octanol–water partition coefficient (Wildman–Crippen LogP) is 5.58. The minimum Gasteiger partial charge on any atom is -0.383 e. The molecule has 0 radical (unpaired) electrons. The van der Waals surface area contributed by atoms with Gasteiger partial charge < -0.3 is 16.4 Å². The van der Waals surface area contributed by atoms with E-state index in [1.807, 2.05) is 13.8 Å². The third-order valence-electron chi connectivity index (χ3n) is 4.76. The molecule has 0 unspecified atom stereocenters. The standard InChI is InChI=1S/C23H23ClF3N7O/c1-13(2)34-21-18(20(28)29-12-30-21)19(33-34)15-6-8-16(9-7-15)31-22(35)32-17(5-4-10-24)11-14(3)23(25,26)27/h4-9,11-13H,3,10H2,1-2H3,(H2,28,29,30)(H2,31,32,35)/b5-4-,17-11+. The smallest absolute Gasteiger partial charge is 0.383 e. The molecule has 3 rings (SSSR count). The maximum atomic E-state index is 12.8. The van der Waals surface area contributed by atoms with Crippen molar-refractivity contribution in [1.82, 2.24) is 25.1 Å². The highest BCUT2D eigenvalue weighted by Gasteiger charge is 2.30. The highest BCUT2D eigenvalue weighted by molar-refractivity contribution is 6.18. The van der Waals surface area contributed by atoms with Gasteiger partial charge in [-0.2, -0.15) is 18.3 Å². The largest absolute Gasteiger partial charge is 0.415 e. The van der Waals surface area contributed by atoms with Crippen LogP contribution in [-0.2, 0) is 0 Å². The normalized spacial score (nSPS) is 12.5. The number of alkyl halides is 4. The molecule has 35 heavy (non-hydrogen) atoms. The summed E-state index contributed by atoms with van der Waals surface area (Å²) in [6.07, 6.45) is 0.115. The van der Waals surface area contributed by atoms with Gasteiger partial charge in [0.15, 0.2) is 5.65 Å². The maximum Gasteiger partial charge on any atom is 0.415 e. The zero-order valence-corrected chi connectivity index (χ0v) is 19.7. The Morgan fingerprint density at radius 2 is 1.94 bits per heavy atom. The van der Waals surface area contributed by atoms with E-state index in [4.69, 9.17) is 17.3 Å². The number of benzene rings is 1. The van der Waals surface area contributed by atoms with Gasteiger partial charge in [0, 0.05) is 28.9 Å². The number of nitrogen functional groups attached to an aromatic ring is 1. The molecule has 0 aliphatic carbocycles. The number of halogens is 4. The van der Waals surface area contributed by atoms with E-state index >= 15 is 0 Å². The first-order valence-electron chi connectivity index (χ1n) is 10.4. The Kier molecular flexibility index (Phi) is 7.80. The molecule has 2 amide bonds. The number of hydrogen-bond donors (Lipinski definition) is 3. The third kappa shape index (κ3) is 6.18. The zero-order chi connectivity index (χ0) is 25.8. The molecule has 0 aliphatic heterocycles. The fraction of sp³-hybridized carbons (Fsp3) is 0.217. The van der Waals surface area contributed by atoms with Crippen molar-refractivity contribution in [3.63, 3.8) is 0 Å². The average Bonchev–Trinajstić information content (AvgIpc) is 3.18. The van der Waals surface area contributed by atoms with Crippen molar-refractivity contribution in [2.45, 2.75) is 26.1 Å². The number of nitrogens with zero attached hydrogens (tertiary/aromatic N) is 4. The van der Waals surface area contributed by atoms with Crippen molar-refractivity contribution in [1.29, 1.82) is 0 Å². The van der Waals surface area contributed by atoms with Crippen LogP contribution in [0, 0.1) is 0 Å². The van der Waals surface area contributed by atoms with E-state index in [-0.39, 0.29) is 17.6 Å². The van der Waals surface area contributed by atoms with Crippen LogP contribution in [0.2, 0.25) is 0 Å². The molecule has 0 fully saturated rings. The lowest BCUT2D eigenvalue weighted by Crippen LogP contribution is -2.28. The van der Waals surface area contributed by atoms with Crippen molar-refractivity contribution in [2.75, 3.05) is 16.9 Å². The van der Waals surface area contributed by atoms with Crippen LogP contribution in [0.5, 0.6) is 0 Å². The minimum absolute atomic E-state index is 0.0358. The Morgan fingerprint density at radius 1 is 1.26 bits per heavy atom. The number of hydrogen-bond acceptors (Lipinski definition) is 5. The molecule has 0 saturated heterocycles. The summed E-state index contributed by atoms with van der Waals surface area (Å²) in [6.45, 7) is 6.91. The summed E-state index contributed by atoms with van der Waals surface area (Å²) in [5.41, 5.74) is 7.15. The number of aromatic nitrogens is 4. The number of fused-ring (bicyclic) bond motifs is 1. The number of carbonyl (C=O) groups excluding carboxylic acids is 1. The predicted molar refractivity (Wildman–Crippen MR) is 131 cm³/mol. The lowest BCUT2D eigenvalue weighted by molar-refractivity contribution is -0.0878. The Balaban J connectivity index is 1.81. The van der Waals surface area contributed by atoms with Crippen molar-refractivity contribution in [3.8, 4) is 11.3 Å². The number of nitrogens with two attached hydrogens (primary N) is 1. The second-order valence-corrected chi connectivity index (χ2v) is 7.99. The maximum absolute atomic E-state index is 12.8. The summed E-state index contributed by atoms with van der Waals surface area (Å²) < 4.78 is 40.2. The zero-order valence-electron chi connectivity index (χ0n) is 18.9. The van der Waals surface area contributed by atoms with E-state index in [2.05, 4.69) is 32.3 Å². The van der Waals surface area contributed by atoms with Crippen LogP contribution >= 0.6 is 11.6 Å². The SMILES string of the molecule is C=C(/C=C(\C=C/CCl)NC(=O)Nc1ccc(-c2nn(C(C)C)c3ncnc(N)c23)cc1)C(F)(F)F. The van der Waals surface area contributed by atoms with Crippen LogP contribution in [0.15, 0.2) is 66.7 Å². The molecule has 8 nitrogen and oxygen atoms in total. The second kappa shape index (κ2) is 10.6. The highest BCUT2D eigenvalue weighted by atomic mass is 35.5. The molecule has 0 bridgehead atoms. The van der Waals surface area contributed by atoms with Gasteiger partial charge in [-0.3, -0.25) is 0 Å². The third-order valence-corrected chi connectivity index (χ3v) is 4.94. The molecule has 12 heteroatoms. The van der Waals surface area contributed by atoms with Crippen LogP contribution in [0.4, 0.5) is 29.5 Å². The summed E-state index contributed by atoms with van der Waals surface area (Å²) in [7, 11) is 0. The molecule has 0 atom stereocenters. The molecule has 0 aliphatic rings. The number of rotatable bonds is 7. The van der Waals surface area contributed by atoms with Gasteiger partial charge in [0.1, 0.15) is 17.8 Å². The van der Waals surface area contributed by atoms with Crippen molar-refractivity contribution in [2.24, 2.45) is 0 Å². The quantitative estimate of drug-likeness (QED) is 0.287. The number of allylic oxidation sites excluding steroid dienone is 4. The van der Waals surface area contributed by atoms with Crippen molar-refractivity contribution in [3.05, 3.63) is 66.7 Å². The average molecular weight is 506 g/mol. The molecule has 184 valence electrons. The number of amides is 2. The Bertz CT molecular complexity index is 1290. The van der Waals surface area contributed by atoms with Crippen molar-refractivity contribution < 1.29 is 18.0 Å². The summed E-state index contributed by atoms with van der Waals surface area (Å²) >= 11 is 5.56. The minimum atomic E-state index is -4.63. The summed E-state index contributed by atoms with van der Waals surface area (Å²) in [5, 5.41) is 10.2. The first kappa shape index (κ1) is 25.8. The summed E-state index contributed by atoms with van der Waals surface area (Å²) in [6, 6.07) is 6.00. The van der Waals surface area contributed by atoms with Gasteiger partial charge >= 0.3 is 12.2 Å². The van der Waals surface area contributed by atoms with Gasteiger partial charge in [-0.05, 0) is 38.1 Å². The van der Waals surface area contributed by atoms with E-state index in [9.17, 15) is 18.0 Å². The van der Waals surface area contributed by atoms with E-state index in [0.717, 1.165) is 0 Å². The second-order valence-electron chi connectivity index (χ2n) is 7.68. The Morgan fingerprint density at radius 3 is 2.54 bits per heavy atom. The van der Waals surface area contributed by atoms with Gasteiger partial charge in [-0.1, -0.05) is 24.8 Å². The van der Waals surface area contributed by atoms with Crippen molar-refractivity contribution >= 4 is 40.2 Å².